The van der Waals surface area contributed by atoms with Crippen LogP contribution in [0.1, 0.15) is 52.9 Å². The molecule has 1 rings (SSSR count). The summed E-state index contributed by atoms with van der Waals surface area (Å²) in [4.78, 5) is 5.08. The van der Waals surface area contributed by atoms with Crippen LogP contribution in [-0.2, 0) is 0 Å². The number of unbranched alkanes of at least 4 members (excludes halogenated alkanes) is 3. The van der Waals surface area contributed by atoms with Crippen molar-refractivity contribution in [1.29, 1.82) is 0 Å². The van der Waals surface area contributed by atoms with Gasteiger partial charge in [0.25, 0.3) is 0 Å². The Morgan fingerprint density at radius 2 is 1.89 bits per heavy atom. The Balaban J connectivity index is 2.40. The van der Waals surface area contributed by atoms with Crippen LogP contribution in [0.15, 0.2) is 0 Å². The van der Waals surface area contributed by atoms with Gasteiger partial charge < -0.3 is 5.73 Å². The van der Waals surface area contributed by atoms with Crippen LogP contribution in [0.2, 0.25) is 0 Å². The summed E-state index contributed by atoms with van der Waals surface area (Å²) in [7, 11) is 2.23. The van der Waals surface area contributed by atoms with E-state index in [9.17, 15) is 0 Å². The summed E-state index contributed by atoms with van der Waals surface area (Å²) in [6.45, 7) is 11.2. The monoisotopic (exact) mass is 255 g/mol. The molecule has 1 atom stereocenters. The summed E-state index contributed by atoms with van der Waals surface area (Å²) in [5.74, 6) is 0. The second kappa shape index (κ2) is 7.46. The highest BCUT2D eigenvalue weighted by molar-refractivity contribution is 4.91. The standard InChI is InChI=1S/C15H33N3/c1-5-6-7-8-9-14(12-16)18-11-10-17(4)15(2,3)13-18/h14H,5-13,16H2,1-4H3. The number of piperazine rings is 1. The van der Waals surface area contributed by atoms with Crippen LogP contribution in [0.5, 0.6) is 0 Å². The van der Waals surface area contributed by atoms with Crippen molar-refractivity contribution in [2.45, 2.75) is 64.5 Å². The predicted molar refractivity (Wildman–Crippen MR) is 79.9 cm³/mol. The minimum absolute atomic E-state index is 0.287. The third-order valence-corrected chi connectivity index (χ3v) is 4.53. The number of hydrogen-bond donors (Lipinski definition) is 1. The normalized spacial score (nSPS) is 23.2. The Morgan fingerprint density at radius 3 is 2.44 bits per heavy atom. The lowest BCUT2D eigenvalue weighted by atomic mass is 9.96. The Bertz CT molecular complexity index is 228. The highest BCUT2D eigenvalue weighted by Gasteiger charge is 2.33. The maximum Gasteiger partial charge on any atom is 0.0277 e. The van der Waals surface area contributed by atoms with Crippen LogP contribution >= 0.6 is 0 Å². The van der Waals surface area contributed by atoms with E-state index < -0.39 is 0 Å². The topological polar surface area (TPSA) is 32.5 Å². The Labute approximate surface area is 114 Å². The molecule has 0 aromatic carbocycles. The van der Waals surface area contributed by atoms with Gasteiger partial charge in [-0.2, -0.15) is 0 Å². The van der Waals surface area contributed by atoms with Crippen molar-refractivity contribution in [3.63, 3.8) is 0 Å². The van der Waals surface area contributed by atoms with Gasteiger partial charge in [0.05, 0.1) is 0 Å². The number of hydrogen-bond acceptors (Lipinski definition) is 3. The van der Waals surface area contributed by atoms with E-state index in [0.717, 1.165) is 13.1 Å². The van der Waals surface area contributed by atoms with Crippen molar-refractivity contribution in [3.8, 4) is 0 Å². The van der Waals surface area contributed by atoms with Crippen molar-refractivity contribution in [3.05, 3.63) is 0 Å². The van der Waals surface area contributed by atoms with Crippen LogP contribution in [0.3, 0.4) is 0 Å². The van der Waals surface area contributed by atoms with Crippen LogP contribution in [0, 0.1) is 0 Å². The van der Waals surface area contributed by atoms with E-state index >= 15 is 0 Å². The first-order valence-electron chi connectivity index (χ1n) is 7.66. The average molecular weight is 255 g/mol. The Hall–Kier alpha value is -0.120. The first-order valence-corrected chi connectivity index (χ1v) is 7.66. The molecule has 1 saturated heterocycles. The fourth-order valence-electron chi connectivity index (χ4n) is 2.85. The van der Waals surface area contributed by atoms with Gasteiger partial charge in [-0.15, -0.1) is 0 Å². The van der Waals surface area contributed by atoms with Gasteiger partial charge in [0.15, 0.2) is 0 Å². The lowest BCUT2D eigenvalue weighted by Gasteiger charge is -2.48. The molecule has 1 heterocycles. The molecule has 1 aliphatic rings. The van der Waals surface area contributed by atoms with Gasteiger partial charge in [0.2, 0.25) is 0 Å². The first-order chi connectivity index (χ1) is 8.51. The van der Waals surface area contributed by atoms with E-state index in [4.69, 9.17) is 5.73 Å². The summed E-state index contributed by atoms with van der Waals surface area (Å²) < 4.78 is 0. The molecule has 0 saturated carbocycles. The third-order valence-electron chi connectivity index (χ3n) is 4.53. The summed E-state index contributed by atoms with van der Waals surface area (Å²) >= 11 is 0. The molecule has 0 aliphatic carbocycles. The number of nitrogens with two attached hydrogens (primary N) is 1. The van der Waals surface area contributed by atoms with E-state index in [1.54, 1.807) is 0 Å². The van der Waals surface area contributed by atoms with E-state index in [1.807, 2.05) is 0 Å². The molecule has 2 N–H and O–H groups in total. The van der Waals surface area contributed by atoms with E-state index in [0.29, 0.717) is 6.04 Å². The molecule has 3 heteroatoms. The zero-order valence-corrected chi connectivity index (χ0v) is 12.9. The maximum absolute atomic E-state index is 5.99. The molecule has 0 radical (unpaired) electrons. The minimum Gasteiger partial charge on any atom is -0.329 e. The van der Waals surface area contributed by atoms with E-state index in [-0.39, 0.29) is 5.54 Å². The molecule has 0 bridgehead atoms. The van der Waals surface area contributed by atoms with Gasteiger partial charge in [0, 0.05) is 37.8 Å². The zero-order chi connectivity index (χ0) is 13.6. The second-order valence-corrected chi connectivity index (χ2v) is 6.44. The number of nitrogens with zero attached hydrogens (tertiary/aromatic N) is 2. The predicted octanol–water partition coefficient (Wildman–Crippen LogP) is 2.31. The van der Waals surface area contributed by atoms with Gasteiger partial charge in [-0.1, -0.05) is 32.6 Å². The fourth-order valence-corrected chi connectivity index (χ4v) is 2.85. The van der Waals surface area contributed by atoms with Crippen molar-refractivity contribution in [2.24, 2.45) is 5.73 Å². The van der Waals surface area contributed by atoms with Gasteiger partial charge >= 0.3 is 0 Å². The van der Waals surface area contributed by atoms with Gasteiger partial charge in [-0.25, -0.2) is 0 Å². The molecule has 0 aromatic rings. The molecule has 18 heavy (non-hydrogen) atoms. The molecule has 1 fully saturated rings. The third kappa shape index (κ3) is 4.52. The number of rotatable bonds is 7. The van der Waals surface area contributed by atoms with Crippen LogP contribution in [0.25, 0.3) is 0 Å². The zero-order valence-electron chi connectivity index (χ0n) is 12.9. The summed E-state index contributed by atoms with van der Waals surface area (Å²) in [6, 6.07) is 0.592. The van der Waals surface area contributed by atoms with E-state index in [2.05, 4.69) is 37.6 Å². The first kappa shape index (κ1) is 15.9. The van der Waals surface area contributed by atoms with Crippen LogP contribution < -0.4 is 5.73 Å². The second-order valence-electron chi connectivity index (χ2n) is 6.44. The van der Waals surface area contributed by atoms with Crippen molar-refractivity contribution in [1.82, 2.24) is 9.80 Å². The summed E-state index contributed by atoms with van der Waals surface area (Å²) in [5.41, 5.74) is 6.27. The van der Waals surface area contributed by atoms with Gasteiger partial charge in [-0.05, 0) is 27.3 Å². The lowest BCUT2D eigenvalue weighted by molar-refractivity contribution is 0.0161. The van der Waals surface area contributed by atoms with Crippen LogP contribution in [0.4, 0.5) is 0 Å². The van der Waals surface area contributed by atoms with Gasteiger partial charge in [0.1, 0.15) is 0 Å². The molecule has 3 nitrogen and oxygen atoms in total. The molecule has 1 unspecified atom stereocenters. The fraction of sp³-hybridized carbons (Fsp3) is 1.00. The Kier molecular flexibility index (Phi) is 6.61. The quantitative estimate of drug-likeness (QED) is 0.709. The highest BCUT2D eigenvalue weighted by atomic mass is 15.3. The maximum atomic E-state index is 5.99. The highest BCUT2D eigenvalue weighted by Crippen LogP contribution is 2.22. The Morgan fingerprint density at radius 1 is 1.17 bits per heavy atom. The van der Waals surface area contributed by atoms with Crippen LogP contribution in [-0.4, -0.2) is 54.6 Å². The van der Waals surface area contributed by atoms with Crippen molar-refractivity contribution >= 4 is 0 Å². The average Bonchev–Trinajstić information content (AvgIpc) is 2.33. The molecular formula is C15H33N3. The SMILES string of the molecule is CCCCCCC(CN)N1CCN(C)C(C)(C)C1. The molecular weight excluding hydrogens is 222 g/mol. The van der Waals surface area contributed by atoms with Gasteiger partial charge in [-0.3, -0.25) is 9.80 Å². The van der Waals surface area contributed by atoms with E-state index in [1.165, 1.54) is 45.2 Å². The summed E-state index contributed by atoms with van der Waals surface area (Å²) in [5, 5.41) is 0. The molecule has 108 valence electrons. The number of likely N-dealkylation sites (N-methyl/N-ethyl adjacent to an activating group) is 1. The minimum atomic E-state index is 0.287. The molecule has 1 aliphatic heterocycles. The molecule has 0 aromatic heterocycles. The smallest absolute Gasteiger partial charge is 0.0277 e. The van der Waals surface area contributed by atoms with Crippen molar-refractivity contribution in [2.75, 3.05) is 33.2 Å². The largest absolute Gasteiger partial charge is 0.329 e. The molecule has 0 amide bonds. The molecule has 0 spiro atoms. The van der Waals surface area contributed by atoms with Crippen molar-refractivity contribution < 1.29 is 0 Å². The lowest BCUT2D eigenvalue weighted by Crippen LogP contribution is -2.60. The summed E-state index contributed by atoms with van der Waals surface area (Å²) in [6.07, 6.45) is 6.66.